The number of benzene rings is 1. The molecule has 34 heavy (non-hydrogen) atoms. The number of amides is 1. The van der Waals surface area contributed by atoms with E-state index in [1.807, 2.05) is 35.1 Å². The van der Waals surface area contributed by atoms with Gasteiger partial charge in [-0.15, -0.1) is 10.2 Å². The van der Waals surface area contributed by atoms with Crippen LogP contribution in [0.1, 0.15) is 33.4 Å². The van der Waals surface area contributed by atoms with Crippen molar-refractivity contribution in [1.29, 1.82) is 0 Å². The number of carboxylic acid groups (broad SMARTS) is 1. The molecule has 3 N–H and O–H groups in total. The van der Waals surface area contributed by atoms with Crippen LogP contribution in [0, 0.1) is 19.7 Å². The lowest BCUT2D eigenvalue weighted by Gasteiger charge is -2.16. The predicted molar refractivity (Wildman–Crippen MR) is 112 cm³/mol. The number of aromatic nitrogens is 4. The number of carbonyl (C=O) groups is 2. The van der Waals surface area contributed by atoms with Crippen molar-refractivity contribution in [2.45, 2.75) is 39.7 Å². The first-order chi connectivity index (χ1) is 16.0. The van der Waals surface area contributed by atoms with Crippen LogP contribution in [0.4, 0.5) is 17.6 Å². The van der Waals surface area contributed by atoms with E-state index in [4.69, 9.17) is 9.90 Å². The van der Waals surface area contributed by atoms with Crippen LogP contribution < -0.4 is 10.6 Å². The number of halogens is 4. The average molecular weight is 482 g/mol. The zero-order valence-electron chi connectivity index (χ0n) is 18.3. The second kappa shape index (κ2) is 10.0. The molecule has 0 unspecified atom stereocenters. The number of hydrogen-bond acceptors (Lipinski definition) is 5. The molecule has 0 atom stereocenters. The Kier molecular flexibility index (Phi) is 7.35. The number of hydrogen-bond donors (Lipinski definition) is 3. The maximum Gasteiger partial charge on any atom is 0.490 e. The molecule has 13 heteroatoms. The van der Waals surface area contributed by atoms with E-state index in [1.165, 1.54) is 12.1 Å². The summed E-state index contributed by atoms with van der Waals surface area (Å²) in [5.74, 6) is -1.62. The first-order valence-electron chi connectivity index (χ1n) is 10.1. The van der Waals surface area contributed by atoms with E-state index in [-0.39, 0.29) is 11.7 Å². The molecule has 1 aliphatic heterocycles. The molecule has 0 aliphatic carbocycles. The Bertz CT molecular complexity index is 1200. The summed E-state index contributed by atoms with van der Waals surface area (Å²) in [5, 5.41) is 21.6. The summed E-state index contributed by atoms with van der Waals surface area (Å²) in [6.07, 6.45) is -5.08. The minimum absolute atomic E-state index is 0.183. The highest BCUT2D eigenvalue weighted by molar-refractivity contribution is 5.95. The van der Waals surface area contributed by atoms with Crippen molar-refractivity contribution in [3.63, 3.8) is 0 Å². The van der Waals surface area contributed by atoms with Gasteiger partial charge in [0.05, 0.1) is 18.7 Å². The largest absolute Gasteiger partial charge is 0.490 e. The summed E-state index contributed by atoms with van der Waals surface area (Å²) in [6, 6.07) is 8.16. The molecule has 0 saturated carbocycles. The number of carboxylic acids is 1. The van der Waals surface area contributed by atoms with Crippen molar-refractivity contribution >= 4 is 11.9 Å². The Morgan fingerprint density at radius 3 is 2.56 bits per heavy atom. The van der Waals surface area contributed by atoms with E-state index >= 15 is 0 Å². The molecule has 1 aromatic carbocycles. The van der Waals surface area contributed by atoms with Crippen molar-refractivity contribution in [2.75, 3.05) is 6.54 Å². The highest BCUT2D eigenvalue weighted by Crippen LogP contribution is 2.21. The van der Waals surface area contributed by atoms with E-state index < -0.39 is 12.1 Å². The monoisotopic (exact) mass is 482 g/mol. The summed E-state index contributed by atoms with van der Waals surface area (Å²) in [4.78, 5) is 21.6. The number of fused-ring (bicyclic) bond motifs is 1. The lowest BCUT2D eigenvalue weighted by atomic mass is 10.2. The molecule has 1 aliphatic rings. The van der Waals surface area contributed by atoms with Gasteiger partial charge in [0.2, 0.25) is 0 Å². The average Bonchev–Trinajstić information content (AvgIpc) is 3.32. The third-order valence-electron chi connectivity index (χ3n) is 5.09. The van der Waals surface area contributed by atoms with Gasteiger partial charge in [0.15, 0.2) is 5.82 Å². The molecule has 0 radical (unpaired) electrons. The van der Waals surface area contributed by atoms with Crippen LogP contribution >= 0.6 is 0 Å². The Morgan fingerprint density at radius 1 is 1.21 bits per heavy atom. The molecule has 0 spiro atoms. The molecular formula is C21H22F4N6O3. The predicted octanol–water partition coefficient (Wildman–Crippen LogP) is 2.49. The number of carbonyl (C=O) groups excluding carboxylic acids is 1. The van der Waals surface area contributed by atoms with E-state index in [0.717, 1.165) is 36.1 Å². The highest BCUT2D eigenvalue weighted by atomic mass is 19.4. The molecule has 182 valence electrons. The standard InChI is InChI=1S/C19H21FN6O.C2HF3O2/c1-12-8-16(13(2)26(12)15-5-3-4-14(20)9-15)19(27)22-11-18-24-23-17-10-21-6-7-25(17)18;3-2(4,5)1(6)7/h3-5,8-9,21H,6-7,10-11H2,1-2H3,(H,22,27);(H,6,7). The fourth-order valence-electron chi connectivity index (χ4n) is 3.54. The fourth-order valence-corrected chi connectivity index (χ4v) is 3.54. The van der Waals surface area contributed by atoms with Crippen molar-refractivity contribution < 1.29 is 32.3 Å². The molecule has 3 aromatic rings. The number of nitrogens with zero attached hydrogens (tertiary/aromatic N) is 4. The van der Waals surface area contributed by atoms with Gasteiger partial charge < -0.3 is 24.9 Å². The zero-order chi connectivity index (χ0) is 25.0. The van der Waals surface area contributed by atoms with Gasteiger partial charge in [-0.3, -0.25) is 4.79 Å². The van der Waals surface area contributed by atoms with Crippen molar-refractivity contribution in [1.82, 2.24) is 30.0 Å². The first-order valence-corrected chi connectivity index (χ1v) is 10.1. The molecule has 0 bridgehead atoms. The highest BCUT2D eigenvalue weighted by Gasteiger charge is 2.38. The maximum absolute atomic E-state index is 13.6. The van der Waals surface area contributed by atoms with Crippen LogP contribution in [0.2, 0.25) is 0 Å². The van der Waals surface area contributed by atoms with Gasteiger partial charge in [-0.25, -0.2) is 9.18 Å². The minimum Gasteiger partial charge on any atom is -0.475 e. The van der Waals surface area contributed by atoms with Crippen LogP contribution in [0.3, 0.4) is 0 Å². The second-order valence-electron chi connectivity index (χ2n) is 7.45. The van der Waals surface area contributed by atoms with Crippen molar-refractivity contribution in [3.05, 3.63) is 64.7 Å². The molecular weight excluding hydrogens is 460 g/mol. The Morgan fingerprint density at radius 2 is 1.91 bits per heavy atom. The van der Waals surface area contributed by atoms with Gasteiger partial charge in [-0.2, -0.15) is 13.2 Å². The van der Waals surface area contributed by atoms with Gasteiger partial charge in [-0.1, -0.05) is 6.07 Å². The van der Waals surface area contributed by atoms with Gasteiger partial charge in [0, 0.05) is 30.2 Å². The van der Waals surface area contributed by atoms with Crippen molar-refractivity contribution in [2.24, 2.45) is 0 Å². The van der Waals surface area contributed by atoms with E-state index in [9.17, 15) is 22.4 Å². The lowest BCUT2D eigenvalue weighted by Crippen LogP contribution is -2.31. The SMILES string of the molecule is Cc1cc(C(=O)NCc2nnc3n2CCNC3)c(C)n1-c1cccc(F)c1.O=C(O)C(F)(F)F. The van der Waals surface area contributed by atoms with Gasteiger partial charge in [0.1, 0.15) is 11.6 Å². The molecule has 0 fully saturated rings. The molecule has 2 aromatic heterocycles. The van der Waals surface area contributed by atoms with E-state index in [0.29, 0.717) is 24.3 Å². The zero-order valence-corrected chi connectivity index (χ0v) is 18.3. The fraction of sp³-hybridized carbons (Fsp3) is 0.333. The number of nitrogens with one attached hydrogen (secondary N) is 2. The summed E-state index contributed by atoms with van der Waals surface area (Å²) in [6.45, 7) is 6.42. The topological polar surface area (TPSA) is 114 Å². The molecule has 4 rings (SSSR count). The van der Waals surface area contributed by atoms with Crippen LogP contribution in [-0.4, -0.2) is 49.0 Å². The Balaban J connectivity index is 0.000000406. The molecule has 1 amide bonds. The summed E-state index contributed by atoms with van der Waals surface area (Å²) < 4.78 is 49.2. The quantitative estimate of drug-likeness (QED) is 0.493. The minimum atomic E-state index is -5.08. The number of rotatable bonds is 4. The van der Waals surface area contributed by atoms with Crippen molar-refractivity contribution in [3.8, 4) is 5.69 Å². The van der Waals surface area contributed by atoms with E-state index in [1.54, 1.807) is 6.07 Å². The van der Waals surface area contributed by atoms with Crippen LogP contribution in [0.25, 0.3) is 5.69 Å². The molecule has 0 saturated heterocycles. The normalized spacial score (nSPS) is 13.0. The number of aliphatic carboxylic acids is 1. The van der Waals surface area contributed by atoms with Crippen LogP contribution in [-0.2, 0) is 24.4 Å². The third-order valence-corrected chi connectivity index (χ3v) is 5.09. The smallest absolute Gasteiger partial charge is 0.475 e. The first kappa shape index (κ1) is 24.9. The summed E-state index contributed by atoms with van der Waals surface area (Å²) in [5.41, 5.74) is 2.90. The van der Waals surface area contributed by atoms with Gasteiger partial charge >= 0.3 is 12.1 Å². The van der Waals surface area contributed by atoms with Crippen LogP contribution in [0.5, 0.6) is 0 Å². The van der Waals surface area contributed by atoms with Crippen LogP contribution in [0.15, 0.2) is 30.3 Å². The summed E-state index contributed by atoms with van der Waals surface area (Å²) >= 11 is 0. The Hall–Kier alpha value is -3.74. The second-order valence-corrected chi connectivity index (χ2v) is 7.45. The number of aryl methyl sites for hydroxylation is 1. The number of alkyl halides is 3. The Labute approximate surface area is 191 Å². The molecule has 3 heterocycles. The maximum atomic E-state index is 13.6. The van der Waals surface area contributed by atoms with E-state index in [2.05, 4.69) is 20.8 Å². The van der Waals surface area contributed by atoms with Gasteiger partial charge in [-0.05, 0) is 38.1 Å². The summed E-state index contributed by atoms with van der Waals surface area (Å²) in [7, 11) is 0. The van der Waals surface area contributed by atoms with Gasteiger partial charge in [0.25, 0.3) is 5.91 Å². The lowest BCUT2D eigenvalue weighted by molar-refractivity contribution is -0.192. The molecule has 9 nitrogen and oxygen atoms in total. The third kappa shape index (κ3) is 5.60.